The quantitative estimate of drug-likeness (QED) is 0.787. The van der Waals surface area contributed by atoms with E-state index < -0.39 is 6.10 Å². The van der Waals surface area contributed by atoms with Gasteiger partial charge < -0.3 is 14.7 Å². The number of hydrogen-bond acceptors (Lipinski definition) is 3. The summed E-state index contributed by atoms with van der Waals surface area (Å²) in [5.41, 5.74) is 1.31. The molecule has 2 rings (SSSR count). The Bertz CT molecular complexity index is 449. The molecule has 4 heteroatoms. The van der Waals surface area contributed by atoms with Crippen LogP contribution >= 0.6 is 0 Å². The maximum atomic E-state index is 11.6. The van der Waals surface area contributed by atoms with Gasteiger partial charge in [0.15, 0.2) is 0 Å². The third-order valence-electron chi connectivity index (χ3n) is 4.28. The van der Waals surface area contributed by atoms with Crippen LogP contribution in [0.2, 0.25) is 0 Å². The van der Waals surface area contributed by atoms with E-state index >= 15 is 0 Å². The van der Waals surface area contributed by atoms with Gasteiger partial charge in [-0.3, -0.25) is 4.79 Å². The van der Waals surface area contributed by atoms with Gasteiger partial charge in [-0.05, 0) is 37.7 Å². The van der Waals surface area contributed by atoms with E-state index in [1.165, 1.54) is 5.56 Å². The van der Waals surface area contributed by atoms with Crippen molar-refractivity contribution in [2.24, 2.45) is 0 Å². The molecular formula is C18H27NO3. The van der Waals surface area contributed by atoms with Crippen molar-refractivity contribution in [2.75, 3.05) is 19.8 Å². The number of hydrogen-bond donors (Lipinski definition) is 1. The third-order valence-corrected chi connectivity index (χ3v) is 4.28. The Kier molecular flexibility index (Phi) is 6.87. The first-order valence-electron chi connectivity index (χ1n) is 8.25. The largest absolute Gasteiger partial charge is 0.389 e. The van der Waals surface area contributed by atoms with E-state index in [9.17, 15) is 9.90 Å². The van der Waals surface area contributed by atoms with Crippen LogP contribution in [0, 0.1) is 0 Å². The number of aliphatic hydroxyl groups excluding tert-OH is 1. The number of amides is 1. The van der Waals surface area contributed by atoms with E-state index in [4.69, 9.17) is 4.74 Å². The Hall–Kier alpha value is -1.39. The Labute approximate surface area is 133 Å². The summed E-state index contributed by atoms with van der Waals surface area (Å²) in [6.07, 6.45) is 4.31. The molecule has 1 aliphatic heterocycles. The van der Waals surface area contributed by atoms with Crippen molar-refractivity contribution >= 4 is 5.91 Å². The number of likely N-dealkylation sites (tertiary alicyclic amines) is 1. The zero-order chi connectivity index (χ0) is 15.8. The second-order valence-corrected chi connectivity index (χ2v) is 6.01. The Balaban J connectivity index is 1.66. The number of nitrogens with zero attached hydrogens (tertiary/aromatic N) is 1. The molecule has 0 aliphatic carbocycles. The molecule has 4 nitrogen and oxygen atoms in total. The fraction of sp³-hybridized carbons (Fsp3) is 0.611. The molecular weight excluding hydrogens is 278 g/mol. The lowest BCUT2D eigenvalue weighted by atomic mass is 9.97. The van der Waals surface area contributed by atoms with Crippen LogP contribution in [0.5, 0.6) is 0 Å². The van der Waals surface area contributed by atoms with Crippen LogP contribution in [0.4, 0.5) is 0 Å². The summed E-state index contributed by atoms with van der Waals surface area (Å²) in [6.45, 7) is 3.28. The molecule has 0 unspecified atom stereocenters. The van der Waals surface area contributed by atoms with Crippen molar-refractivity contribution in [3.05, 3.63) is 35.9 Å². The van der Waals surface area contributed by atoms with Crippen molar-refractivity contribution in [1.29, 1.82) is 0 Å². The number of rotatable bonds is 7. The third kappa shape index (κ3) is 5.11. The van der Waals surface area contributed by atoms with Crippen LogP contribution in [0.3, 0.4) is 0 Å². The first-order valence-corrected chi connectivity index (χ1v) is 8.25. The van der Waals surface area contributed by atoms with E-state index in [2.05, 4.69) is 12.1 Å². The predicted octanol–water partition coefficient (Wildman–Crippen LogP) is 2.40. The maximum Gasteiger partial charge on any atom is 0.219 e. The van der Waals surface area contributed by atoms with Gasteiger partial charge in [0, 0.05) is 20.1 Å². The molecule has 1 aliphatic rings. The molecule has 1 aromatic rings. The number of benzene rings is 1. The minimum Gasteiger partial charge on any atom is -0.389 e. The first-order chi connectivity index (χ1) is 10.7. The number of aliphatic hydroxyl groups is 1. The summed E-state index contributed by atoms with van der Waals surface area (Å²) in [4.78, 5) is 13.4. The van der Waals surface area contributed by atoms with Crippen molar-refractivity contribution in [2.45, 2.75) is 51.2 Å². The van der Waals surface area contributed by atoms with Gasteiger partial charge in [0.25, 0.3) is 0 Å². The molecule has 122 valence electrons. The Morgan fingerprint density at radius 1 is 1.36 bits per heavy atom. The van der Waals surface area contributed by atoms with Gasteiger partial charge >= 0.3 is 0 Å². The number of ether oxygens (including phenoxy) is 1. The summed E-state index contributed by atoms with van der Waals surface area (Å²) in [6, 6.07) is 10.2. The first kappa shape index (κ1) is 17.0. The topological polar surface area (TPSA) is 49.8 Å². The molecule has 0 saturated carbocycles. The molecule has 1 saturated heterocycles. The zero-order valence-electron chi connectivity index (χ0n) is 13.4. The van der Waals surface area contributed by atoms with Gasteiger partial charge in [0.2, 0.25) is 5.91 Å². The van der Waals surface area contributed by atoms with Crippen LogP contribution in [0.25, 0.3) is 0 Å². The molecule has 0 bridgehead atoms. The minimum atomic E-state index is -0.582. The number of aryl methyl sites for hydroxylation is 1. The Morgan fingerprint density at radius 2 is 2.14 bits per heavy atom. The monoisotopic (exact) mass is 305 g/mol. The molecule has 0 aromatic heterocycles. The van der Waals surface area contributed by atoms with Crippen molar-refractivity contribution < 1.29 is 14.6 Å². The fourth-order valence-electron chi connectivity index (χ4n) is 3.09. The molecule has 1 N–H and O–H groups in total. The summed E-state index contributed by atoms with van der Waals surface area (Å²) >= 11 is 0. The van der Waals surface area contributed by atoms with E-state index in [-0.39, 0.29) is 11.9 Å². The van der Waals surface area contributed by atoms with Crippen LogP contribution in [-0.4, -0.2) is 47.8 Å². The molecule has 1 amide bonds. The average molecular weight is 305 g/mol. The van der Waals surface area contributed by atoms with Gasteiger partial charge in [0.05, 0.1) is 18.8 Å². The highest BCUT2D eigenvalue weighted by Gasteiger charge is 2.30. The molecule has 1 heterocycles. The second kappa shape index (κ2) is 8.91. The van der Waals surface area contributed by atoms with Gasteiger partial charge in [-0.2, -0.15) is 0 Å². The second-order valence-electron chi connectivity index (χ2n) is 6.01. The van der Waals surface area contributed by atoms with Crippen LogP contribution in [0.1, 0.15) is 38.2 Å². The molecule has 22 heavy (non-hydrogen) atoms. The molecule has 1 fully saturated rings. The summed E-state index contributed by atoms with van der Waals surface area (Å²) in [7, 11) is 0. The van der Waals surface area contributed by atoms with Gasteiger partial charge in [0.1, 0.15) is 0 Å². The van der Waals surface area contributed by atoms with E-state index in [1.54, 1.807) is 11.8 Å². The zero-order valence-corrected chi connectivity index (χ0v) is 13.4. The van der Waals surface area contributed by atoms with E-state index in [1.807, 2.05) is 18.2 Å². The van der Waals surface area contributed by atoms with E-state index in [0.29, 0.717) is 13.2 Å². The average Bonchev–Trinajstić information content (AvgIpc) is 2.55. The van der Waals surface area contributed by atoms with Crippen LogP contribution in [-0.2, 0) is 16.0 Å². The standard InChI is InChI=1S/C18H27NO3/c1-15(20)19-12-6-5-11-17(19)18(21)14-22-13-7-10-16-8-3-2-4-9-16/h2-4,8-9,17-18,21H,5-7,10-14H2,1H3/t17-,18-/m1/s1. The van der Waals surface area contributed by atoms with Gasteiger partial charge in [-0.25, -0.2) is 0 Å². The lowest BCUT2D eigenvalue weighted by Crippen LogP contribution is -2.50. The smallest absolute Gasteiger partial charge is 0.219 e. The Morgan fingerprint density at radius 3 is 2.86 bits per heavy atom. The normalized spacial score (nSPS) is 19.9. The van der Waals surface area contributed by atoms with Crippen molar-refractivity contribution in [3.63, 3.8) is 0 Å². The molecule has 2 atom stereocenters. The molecule has 1 aromatic carbocycles. The number of carbonyl (C=O) groups is 1. The predicted molar refractivity (Wildman–Crippen MR) is 86.6 cm³/mol. The van der Waals surface area contributed by atoms with Crippen molar-refractivity contribution in [1.82, 2.24) is 4.90 Å². The number of carbonyl (C=O) groups excluding carboxylic acids is 1. The minimum absolute atomic E-state index is 0.0489. The summed E-state index contributed by atoms with van der Waals surface area (Å²) < 4.78 is 5.61. The lowest BCUT2D eigenvalue weighted by molar-refractivity contribution is -0.137. The highest BCUT2D eigenvalue weighted by atomic mass is 16.5. The highest BCUT2D eigenvalue weighted by molar-refractivity contribution is 5.73. The number of piperidine rings is 1. The lowest BCUT2D eigenvalue weighted by Gasteiger charge is -2.37. The summed E-state index contributed by atoms with van der Waals surface area (Å²) in [5, 5.41) is 10.3. The molecule has 0 spiro atoms. The van der Waals surface area contributed by atoms with Crippen LogP contribution in [0.15, 0.2) is 30.3 Å². The van der Waals surface area contributed by atoms with Crippen molar-refractivity contribution in [3.8, 4) is 0 Å². The fourth-order valence-corrected chi connectivity index (χ4v) is 3.09. The maximum absolute atomic E-state index is 11.6. The molecule has 0 radical (unpaired) electrons. The van der Waals surface area contributed by atoms with Gasteiger partial charge in [-0.1, -0.05) is 30.3 Å². The van der Waals surface area contributed by atoms with E-state index in [0.717, 1.165) is 38.6 Å². The highest BCUT2D eigenvalue weighted by Crippen LogP contribution is 2.20. The summed E-state index contributed by atoms with van der Waals surface area (Å²) in [5.74, 6) is 0.0489. The van der Waals surface area contributed by atoms with Gasteiger partial charge in [-0.15, -0.1) is 0 Å². The van der Waals surface area contributed by atoms with Crippen LogP contribution < -0.4 is 0 Å². The SMILES string of the molecule is CC(=O)N1CCCC[C@@H]1[C@H](O)COCCCc1ccccc1.